The zero-order valence-corrected chi connectivity index (χ0v) is 14.9. The lowest BCUT2D eigenvalue weighted by molar-refractivity contribution is -0.131. The molecule has 2 amide bonds. The molecule has 1 aromatic heterocycles. The summed E-state index contributed by atoms with van der Waals surface area (Å²) in [5, 5.41) is 4.94. The van der Waals surface area contributed by atoms with Gasteiger partial charge < -0.3 is 10.2 Å². The average molecular weight is 342 g/mol. The molecule has 0 bridgehead atoms. The number of rotatable bonds is 4. The number of aryl methyl sites for hydroxylation is 2. The number of fused-ring (bicyclic) bond motifs is 1. The Bertz CT molecular complexity index is 746. The normalized spacial score (nSPS) is 13.5. The van der Waals surface area contributed by atoms with E-state index in [-0.39, 0.29) is 11.8 Å². The van der Waals surface area contributed by atoms with Gasteiger partial charge in [0.05, 0.1) is 0 Å². The third kappa shape index (κ3) is 3.85. The number of nitrogens with one attached hydrogen (secondary N) is 1. The molecule has 126 valence electrons. The van der Waals surface area contributed by atoms with E-state index in [1.807, 2.05) is 36.9 Å². The van der Waals surface area contributed by atoms with Crippen molar-refractivity contribution in [2.45, 2.75) is 33.2 Å². The van der Waals surface area contributed by atoms with E-state index < -0.39 is 0 Å². The molecular formula is C19H22N2O2S. The minimum atomic E-state index is -0.117. The third-order valence-electron chi connectivity index (χ3n) is 4.27. The maximum absolute atomic E-state index is 12.3. The fourth-order valence-corrected chi connectivity index (χ4v) is 4.00. The van der Waals surface area contributed by atoms with Crippen molar-refractivity contribution in [3.8, 4) is 0 Å². The van der Waals surface area contributed by atoms with E-state index in [9.17, 15) is 9.59 Å². The fourth-order valence-electron chi connectivity index (χ4n) is 3.11. The topological polar surface area (TPSA) is 49.4 Å². The van der Waals surface area contributed by atoms with Crippen LogP contribution in [0.4, 0.5) is 0 Å². The van der Waals surface area contributed by atoms with E-state index in [1.54, 1.807) is 11.3 Å². The molecule has 1 aliphatic heterocycles. The van der Waals surface area contributed by atoms with Gasteiger partial charge in [0.15, 0.2) is 0 Å². The summed E-state index contributed by atoms with van der Waals surface area (Å²) in [7, 11) is 0. The van der Waals surface area contributed by atoms with Crippen LogP contribution in [-0.2, 0) is 17.8 Å². The summed E-state index contributed by atoms with van der Waals surface area (Å²) in [4.78, 5) is 27.8. The van der Waals surface area contributed by atoms with E-state index >= 15 is 0 Å². The lowest BCUT2D eigenvalue weighted by atomic mass is 10.1. The van der Waals surface area contributed by atoms with Crippen LogP contribution in [-0.4, -0.2) is 29.8 Å². The molecule has 0 unspecified atom stereocenters. The number of carbonyl (C=O) groups excluding carboxylic acids is 2. The molecule has 3 rings (SSSR count). The third-order valence-corrected chi connectivity index (χ3v) is 5.29. The van der Waals surface area contributed by atoms with Gasteiger partial charge in [0.1, 0.15) is 0 Å². The first-order valence-corrected chi connectivity index (χ1v) is 9.10. The molecule has 0 aliphatic carbocycles. The Balaban J connectivity index is 1.49. The smallest absolute Gasteiger partial charge is 0.251 e. The van der Waals surface area contributed by atoms with Crippen molar-refractivity contribution >= 4 is 23.2 Å². The fraction of sp³-hybridized carbons (Fsp3) is 0.368. The molecule has 0 spiro atoms. The van der Waals surface area contributed by atoms with Crippen LogP contribution in [0.3, 0.4) is 0 Å². The van der Waals surface area contributed by atoms with Gasteiger partial charge in [-0.3, -0.25) is 9.59 Å². The predicted molar refractivity (Wildman–Crippen MR) is 96.3 cm³/mol. The van der Waals surface area contributed by atoms with E-state index in [0.29, 0.717) is 25.1 Å². The largest absolute Gasteiger partial charge is 0.352 e. The Hall–Kier alpha value is -2.14. The van der Waals surface area contributed by atoms with Crippen molar-refractivity contribution in [2.75, 3.05) is 13.1 Å². The van der Waals surface area contributed by atoms with Gasteiger partial charge in [0.2, 0.25) is 5.91 Å². The molecule has 0 saturated carbocycles. The SMILES string of the molecule is Cc1cc(C)cc(C(=O)NCCC(=O)N2CCc3sccc3C2)c1. The summed E-state index contributed by atoms with van der Waals surface area (Å²) in [6.45, 7) is 5.79. The Labute approximate surface area is 146 Å². The van der Waals surface area contributed by atoms with Crippen LogP contribution in [0, 0.1) is 13.8 Å². The Morgan fingerprint density at radius 3 is 2.71 bits per heavy atom. The van der Waals surface area contributed by atoms with Crippen molar-refractivity contribution in [1.82, 2.24) is 10.2 Å². The van der Waals surface area contributed by atoms with Gasteiger partial charge in [-0.05, 0) is 49.4 Å². The molecule has 0 saturated heterocycles. The maximum Gasteiger partial charge on any atom is 0.251 e. The minimum Gasteiger partial charge on any atom is -0.352 e. The second kappa shape index (κ2) is 7.18. The lowest BCUT2D eigenvalue weighted by Crippen LogP contribution is -2.37. The number of nitrogens with zero attached hydrogens (tertiary/aromatic N) is 1. The average Bonchev–Trinajstić information content (AvgIpc) is 3.01. The lowest BCUT2D eigenvalue weighted by Gasteiger charge is -2.27. The van der Waals surface area contributed by atoms with Crippen molar-refractivity contribution < 1.29 is 9.59 Å². The van der Waals surface area contributed by atoms with Crippen molar-refractivity contribution in [1.29, 1.82) is 0 Å². The summed E-state index contributed by atoms with van der Waals surface area (Å²) in [5.74, 6) is -0.0130. The molecule has 1 aromatic carbocycles. The van der Waals surface area contributed by atoms with Crippen molar-refractivity contribution in [3.05, 3.63) is 56.8 Å². The summed E-state index contributed by atoms with van der Waals surface area (Å²) in [5.41, 5.74) is 4.05. The summed E-state index contributed by atoms with van der Waals surface area (Å²) >= 11 is 1.77. The highest BCUT2D eigenvalue weighted by Gasteiger charge is 2.21. The van der Waals surface area contributed by atoms with Crippen molar-refractivity contribution in [3.63, 3.8) is 0 Å². The van der Waals surface area contributed by atoms with Gasteiger partial charge in [-0.2, -0.15) is 0 Å². The summed E-state index contributed by atoms with van der Waals surface area (Å²) in [6, 6.07) is 7.87. The maximum atomic E-state index is 12.3. The van der Waals surface area contributed by atoms with E-state index in [1.165, 1.54) is 10.4 Å². The monoisotopic (exact) mass is 342 g/mol. The zero-order chi connectivity index (χ0) is 17.1. The molecule has 4 nitrogen and oxygen atoms in total. The molecular weight excluding hydrogens is 320 g/mol. The quantitative estimate of drug-likeness (QED) is 0.928. The molecule has 24 heavy (non-hydrogen) atoms. The number of hydrogen-bond acceptors (Lipinski definition) is 3. The molecule has 2 heterocycles. The van der Waals surface area contributed by atoms with Gasteiger partial charge in [-0.15, -0.1) is 11.3 Å². The second-order valence-corrected chi connectivity index (χ2v) is 7.32. The highest BCUT2D eigenvalue weighted by atomic mass is 32.1. The van der Waals surface area contributed by atoms with Crippen LogP contribution in [0.15, 0.2) is 29.6 Å². The Morgan fingerprint density at radius 1 is 1.21 bits per heavy atom. The van der Waals surface area contributed by atoms with E-state index in [4.69, 9.17) is 0 Å². The molecule has 1 N–H and O–H groups in total. The zero-order valence-electron chi connectivity index (χ0n) is 14.1. The van der Waals surface area contributed by atoms with Crippen molar-refractivity contribution in [2.24, 2.45) is 0 Å². The first-order valence-electron chi connectivity index (χ1n) is 8.22. The molecule has 0 atom stereocenters. The number of thiophene rings is 1. The first-order chi connectivity index (χ1) is 11.5. The first kappa shape index (κ1) is 16.7. The molecule has 2 aromatic rings. The van der Waals surface area contributed by atoms with Gasteiger partial charge in [0, 0.05) is 36.5 Å². The molecule has 5 heteroatoms. The highest BCUT2D eigenvalue weighted by molar-refractivity contribution is 7.10. The Kier molecular flexibility index (Phi) is 5.00. The van der Waals surface area contributed by atoms with Gasteiger partial charge >= 0.3 is 0 Å². The molecule has 1 aliphatic rings. The standard InChI is InChI=1S/C19H22N2O2S/c1-13-9-14(2)11-16(10-13)19(23)20-6-3-18(22)21-7-4-17-15(12-21)5-8-24-17/h5,8-11H,3-4,6-7,12H2,1-2H3,(H,20,23). The van der Waals surface area contributed by atoms with Crippen LogP contribution in [0.5, 0.6) is 0 Å². The number of amides is 2. The molecule has 0 fully saturated rings. The van der Waals surface area contributed by atoms with Gasteiger partial charge in [-0.1, -0.05) is 17.2 Å². The number of hydrogen-bond donors (Lipinski definition) is 1. The second-order valence-electron chi connectivity index (χ2n) is 6.32. The predicted octanol–water partition coefficient (Wildman–Crippen LogP) is 3.07. The van der Waals surface area contributed by atoms with Gasteiger partial charge in [-0.25, -0.2) is 0 Å². The van der Waals surface area contributed by atoms with E-state index in [2.05, 4.69) is 16.8 Å². The molecule has 0 radical (unpaired) electrons. The van der Waals surface area contributed by atoms with Crippen LogP contribution < -0.4 is 5.32 Å². The van der Waals surface area contributed by atoms with Gasteiger partial charge in [0.25, 0.3) is 5.91 Å². The van der Waals surface area contributed by atoms with E-state index in [0.717, 1.165) is 24.1 Å². The summed E-state index contributed by atoms with van der Waals surface area (Å²) in [6.07, 6.45) is 1.28. The van der Waals surface area contributed by atoms with Crippen LogP contribution in [0.2, 0.25) is 0 Å². The Morgan fingerprint density at radius 2 is 1.96 bits per heavy atom. The summed E-state index contributed by atoms with van der Waals surface area (Å²) < 4.78 is 0. The minimum absolute atomic E-state index is 0.104. The highest BCUT2D eigenvalue weighted by Crippen LogP contribution is 2.24. The van der Waals surface area contributed by atoms with Crippen LogP contribution in [0.1, 0.15) is 38.3 Å². The van der Waals surface area contributed by atoms with Crippen LogP contribution in [0.25, 0.3) is 0 Å². The number of carbonyl (C=O) groups is 2. The number of benzene rings is 1. The van der Waals surface area contributed by atoms with Crippen LogP contribution >= 0.6 is 11.3 Å².